The SMILES string of the molecule is [N-]=[N+]=NCCC(O)C(O)c1cnc(Br)cn1. The zero-order chi connectivity index (χ0) is 12.0. The number of halogens is 1. The third-order valence-corrected chi connectivity index (χ3v) is 2.31. The molecule has 1 rings (SSSR count). The molecule has 0 saturated carbocycles. The smallest absolute Gasteiger partial charge is 0.124 e. The highest BCUT2D eigenvalue weighted by molar-refractivity contribution is 9.10. The van der Waals surface area contributed by atoms with Crippen LogP contribution < -0.4 is 0 Å². The molecule has 16 heavy (non-hydrogen) atoms. The lowest BCUT2D eigenvalue weighted by atomic mass is 10.1. The number of aliphatic hydroxyl groups excluding tert-OH is 2. The van der Waals surface area contributed by atoms with E-state index >= 15 is 0 Å². The van der Waals surface area contributed by atoms with Gasteiger partial charge in [0.05, 0.1) is 24.2 Å². The van der Waals surface area contributed by atoms with Gasteiger partial charge in [0, 0.05) is 11.5 Å². The second kappa shape index (κ2) is 6.39. The molecule has 0 aromatic carbocycles. The van der Waals surface area contributed by atoms with Crippen molar-refractivity contribution in [1.29, 1.82) is 0 Å². The van der Waals surface area contributed by atoms with E-state index in [1.165, 1.54) is 12.4 Å². The molecule has 0 bridgehead atoms. The first-order valence-corrected chi connectivity index (χ1v) is 5.29. The average Bonchev–Trinajstić information content (AvgIpc) is 2.29. The highest BCUT2D eigenvalue weighted by atomic mass is 79.9. The number of hydrogen-bond donors (Lipinski definition) is 2. The molecule has 8 heteroatoms. The molecule has 0 saturated heterocycles. The van der Waals surface area contributed by atoms with Gasteiger partial charge in [0.15, 0.2) is 0 Å². The van der Waals surface area contributed by atoms with E-state index in [9.17, 15) is 10.2 Å². The molecule has 86 valence electrons. The Morgan fingerprint density at radius 3 is 2.75 bits per heavy atom. The Kier molecular flexibility index (Phi) is 5.13. The zero-order valence-electron chi connectivity index (χ0n) is 8.23. The number of hydrogen-bond acceptors (Lipinski definition) is 5. The summed E-state index contributed by atoms with van der Waals surface area (Å²) in [6.45, 7) is 0.124. The van der Waals surface area contributed by atoms with Gasteiger partial charge in [-0.05, 0) is 27.9 Å². The molecule has 0 fully saturated rings. The van der Waals surface area contributed by atoms with E-state index in [1.54, 1.807) is 0 Å². The number of rotatable bonds is 5. The van der Waals surface area contributed by atoms with E-state index in [-0.39, 0.29) is 18.7 Å². The van der Waals surface area contributed by atoms with Crippen molar-refractivity contribution >= 4 is 15.9 Å². The van der Waals surface area contributed by atoms with Gasteiger partial charge < -0.3 is 10.2 Å². The maximum absolute atomic E-state index is 9.68. The maximum atomic E-state index is 9.68. The molecule has 1 heterocycles. The second-order valence-electron chi connectivity index (χ2n) is 3.02. The number of azide groups is 1. The molecular weight excluding hydrogens is 278 g/mol. The predicted octanol–water partition coefficient (Wildman–Crippen LogP) is 1.33. The molecule has 0 aliphatic rings. The van der Waals surface area contributed by atoms with Crippen LogP contribution in [0.15, 0.2) is 22.1 Å². The molecule has 1 aromatic rings. The van der Waals surface area contributed by atoms with Crippen molar-refractivity contribution in [3.8, 4) is 0 Å². The first-order valence-electron chi connectivity index (χ1n) is 4.49. The van der Waals surface area contributed by atoms with Crippen LogP contribution in [0.3, 0.4) is 0 Å². The van der Waals surface area contributed by atoms with Gasteiger partial charge in [0.2, 0.25) is 0 Å². The monoisotopic (exact) mass is 287 g/mol. The molecule has 0 aliphatic carbocycles. The standard InChI is InChI=1S/C8H10BrN5O2/c9-7-4-11-5(3-12-7)8(16)6(15)1-2-13-14-10/h3-4,6,8,15-16H,1-2H2. The average molecular weight is 288 g/mol. The Hall–Kier alpha value is -1.21. The summed E-state index contributed by atoms with van der Waals surface area (Å²) in [6, 6.07) is 0. The molecule has 0 amide bonds. The van der Waals surface area contributed by atoms with E-state index in [0.717, 1.165) is 0 Å². The molecule has 0 spiro atoms. The first-order chi connectivity index (χ1) is 7.65. The summed E-state index contributed by atoms with van der Waals surface area (Å²) in [6.07, 6.45) is 0.809. The fourth-order valence-electron chi connectivity index (χ4n) is 1.06. The topological polar surface area (TPSA) is 115 Å². The van der Waals surface area contributed by atoms with E-state index in [1.807, 2.05) is 0 Å². The summed E-state index contributed by atoms with van der Waals surface area (Å²) in [7, 11) is 0. The minimum atomic E-state index is -1.13. The second-order valence-corrected chi connectivity index (χ2v) is 3.83. The van der Waals surface area contributed by atoms with Crippen LogP contribution >= 0.6 is 15.9 Å². The largest absolute Gasteiger partial charge is 0.390 e. The van der Waals surface area contributed by atoms with Crippen LogP contribution in [0.4, 0.5) is 0 Å². The highest BCUT2D eigenvalue weighted by Gasteiger charge is 2.19. The van der Waals surface area contributed by atoms with E-state index in [4.69, 9.17) is 5.53 Å². The minimum Gasteiger partial charge on any atom is -0.390 e. The van der Waals surface area contributed by atoms with E-state index < -0.39 is 12.2 Å². The van der Waals surface area contributed by atoms with Gasteiger partial charge in [-0.25, -0.2) is 4.98 Å². The van der Waals surface area contributed by atoms with Crippen molar-refractivity contribution in [2.45, 2.75) is 18.6 Å². The van der Waals surface area contributed by atoms with Crippen molar-refractivity contribution in [2.24, 2.45) is 5.11 Å². The van der Waals surface area contributed by atoms with Crippen LogP contribution in [0.5, 0.6) is 0 Å². The molecule has 2 unspecified atom stereocenters. The van der Waals surface area contributed by atoms with Crippen LogP contribution in [0.2, 0.25) is 0 Å². The predicted molar refractivity (Wildman–Crippen MR) is 59.3 cm³/mol. The van der Waals surface area contributed by atoms with Gasteiger partial charge >= 0.3 is 0 Å². The number of aliphatic hydroxyl groups is 2. The van der Waals surface area contributed by atoms with Crippen molar-refractivity contribution < 1.29 is 10.2 Å². The third-order valence-electron chi connectivity index (χ3n) is 1.90. The van der Waals surface area contributed by atoms with E-state index in [0.29, 0.717) is 4.60 Å². The van der Waals surface area contributed by atoms with Gasteiger partial charge in [0.25, 0.3) is 0 Å². The fourth-order valence-corrected chi connectivity index (χ4v) is 1.27. The van der Waals surface area contributed by atoms with Gasteiger partial charge in [0.1, 0.15) is 10.7 Å². The number of aromatic nitrogens is 2. The summed E-state index contributed by atoms with van der Waals surface area (Å²) in [4.78, 5) is 10.3. The molecule has 2 atom stereocenters. The Morgan fingerprint density at radius 1 is 1.44 bits per heavy atom. The summed E-state index contributed by atoms with van der Waals surface area (Å²) >= 11 is 3.11. The summed E-state index contributed by atoms with van der Waals surface area (Å²) < 4.78 is 0.548. The molecular formula is C8H10BrN5O2. The quantitative estimate of drug-likeness (QED) is 0.483. The minimum absolute atomic E-state index is 0.124. The molecule has 0 radical (unpaired) electrons. The lowest BCUT2D eigenvalue weighted by Crippen LogP contribution is -2.20. The van der Waals surface area contributed by atoms with Crippen molar-refractivity contribution in [1.82, 2.24) is 9.97 Å². The zero-order valence-corrected chi connectivity index (χ0v) is 9.82. The Balaban J connectivity index is 2.58. The van der Waals surface area contributed by atoms with Crippen LogP contribution in [0, 0.1) is 0 Å². The molecule has 7 nitrogen and oxygen atoms in total. The van der Waals surface area contributed by atoms with Gasteiger partial charge in [-0.1, -0.05) is 5.11 Å². The first kappa shape index (κ1) is 12.9. The fraction of sp³-hybridized carbons (Fsp3) is 0.500. The third kappa shape index (κ3) is 3.74. The lowest BCUT2D eigenvalue weighted by molar-refractivity contribution is 0.0123. The van der Waals surface area contributed by atoms with Crippen molar-refractivity contribution in [3.05, 3.63) is 33.1 Å². The molecule has 0 aliphatic heterocycles. The number of nitrogens with zero attached hydrogens (tertiary/aromatic N) is 5. The van der Waals surface area contributed by atoms with Crippen LogP contribution in [0.25, 0.3) is 10.4 Å². The summed E-state index contributed by atoms with van der Waals surface area (Å²) in [5, 5.41) is 22.5. The van der Waals surface area contributed by atoms with Crippen LogP contribution in [-0.4, -0.2) is 32.8 Å². The maximum Gasteiger partial charge on any atom is 0.124 e. The van der Waals surface area contributed by atoms with Gasteiger partial charge in [-0.2, -0.15) is 0 Å². The van der Waals surface area contributed by atoms with Gasteiger partial charge in [-0.3, -0.25) is 4.98 Å². The molecule has 1 aromatic heterocycles. The Labute approximate surface area is 99.9 Å². The van der Waals surface area contributed by atoms with Crippen molar-refractivity contribution in [2.75, 3.05) is 6.54 Å². The van der Waals surface area contributed by atoms with Crippen LogP contribution in [-0.2, 0) is 0 Å². The normalized spacial score (nSPS) is 13.9. The van der Waals surface area contributed by atoms with E-state index in [2.05, 4.69) is 35.9 Å². The summed E-state index contributed by atoms with van der Waals surface area (Å²) in [5.41, 5.74) is 8.33. The lowest BCUT2D eigenvalue weighted by Gasteiger charge is -2.15. The van der Waals surface area contributed by atoms with Crippen LogP contribution in [0.1, 0.15) is 18.2 Å². The Morgan fingerprint density at radius 2 is 2.19 bits per heavy atom. The van der Waals surface area contributed by atoms with Crippen molar-refractivity contribution in [3.63, 3.8) is 0 Å². The Bertz CT molecular complexity index is 379. The highest BCUT2D eigenvalue weighted by Crippen LogP contribution is 2.17. The molecule has 2 N–H and O–H groups in total. The van der Waals surface area contributed by atoms with Gasteiger partial charge in [-0.15, -0.1) is 0 Å². The summed E-state index contributed by atoms with van der Waals surface area (Å²) in [5.74, 6) is 0.